The maximum atomic E-state index is 2.56. The predicted octanol–water partition coefficient (Wildman–Crippen LogP) is 7.20. The molecule has 2 unspecified atom stereocenters. The van der Waals surface area contributed by atoms with E-state index in [0.717, 1.165) is 0 Å². The largest absolute Gasteiger partial charge is 0.205 e. The van der Waals surface area contributed by atoms with Crippen LogP contribution in [0.4, 0.5) is 0 Å². The number of hydrogen-bond acceptors (Lipinski definition) is 0. The number of aryl methyl sites for hydroxylation is 1. The van der Waals surface area contributed by atoms with Crippen molar-refractivity contribution in [1.29, 1.82) is 0 Å². The van der Waals surface area contributed by atoms with Crippen molar-refractivity contribution < 1.29 is 4.68 Å². The highest BCUT2D eigenvalue weighted by Crippen LogP contribution is 2.62. The summed E-state index contributed by atoms with van der Waals surface area (Å²) in [6.07, 6.45) is 3.61. The van der Waals surface area contributed by atoms with Crippen LogP contribution < -0.4 is 4.68 Å². The Balaban J connectivity index is 1.67. The van der Waals surface area contributed by atoms with Gasteiger partial charge in [0.15, 0.2) is 5.54 Å². The van der Waals surface area contributed by atoms with E-state index in [9.17, 15) is 0 Å². The van der Waals surface area contributed by atoms with Gasteiger partial charge in [-0.2, -0.15) is 0 Å². The third-order valence-electron chi connectivity index (χ3n) is 8.83. The molecule has 0 spiro atoms. The Kier molecular flexibility index (Phi) is 3.33. The van der Waals surface area contributed by atoms with Gasteiger partial charge in [0.05, 0.1) is 11.0 Å². The minimum atomic E-state index is 0.110. The zero-order valence-corrected chi connectivity index (χ0v) is 20.5. The van der Waals surface area contributed by atoms with Crippen molar-refractivity contribution in [2.24, 2.45) is 0 Å². The number of aromatic nitrogens is 2. The van der Waals surface area contributed by atoms with E-state index in [1.165, 1.54) is 61.4 Å². The van der Waals surface area contributed by atoms with Crippen LogP contribution in [0.2, 0.25) is 0 Å². The first kappa shape index (κ1) is 19.3. The molecule has 7 rings (SSSR count). The molecule has 3 heterocycles. The number of para-hydroxylation sites is 1. The van der Waals surface area contributed by atoms with E-state index in [4.69, 9.17) is 0 Å². The molecule has 0 N–H and O–H groups in total. The molecule has 5 aromatic rings. The third-order valence-corrected chi connectivity index (χ3v) is 8.83. The van der Waals surface area contributed by atoms with Crippen LogP contribution >= 0.6 is 0 Å². The summed E-state index contributed by atoms with van der Waals surface area (Å²) in [5.74, 6) is 0. The lowest BCUT2D eigenvalue weighted by Gasteiger charge is -2.23. The van der Waals surface area contributed by atoms with Crippen LogP contribution in [0, 0.1) is 6.92 Å². The molecular formula is C31H31N2+. The van der Waals surface area contributed by atoms with Gasteiger partial charge in [-0.25, -0.2) is 0 Å². The van der Waals surface area contributed by atoms with Crippen LogP contribution in [0.25, 0.3) is 38.3 Å². The first-order valence-electron chi connectivity index (χ1n) is 12.2. The van der Waals surface area contributed by atoms with Crippen molar-refractivity contribution in [2.45, 2.75) is 64.3 Å². The number of hydrogen-bond donors (Lipinski definition) is 0. The van der Waals surface area contributed by atoms with Crippen molar-refractivity contribution in [1.82, 2.24) is 4.52 Å². The van der Waals surface area contributed by atoms with Gasteiger partial charge in [0.2, 0.25) is 6.20 Å². The monoisotopic (exact) mass is 431 g/mol. The second kappa shape index (κ2) is 5.67. The fourth-order valence-corrected chi connectivity index (χ4v) is 6.55. The minimum absolute atomic E-state index is 0.110. The fourth-order valence-electron chi connectivity index (χ4n) is 6.55. The molecule has 2 atom stereocenters. The van der Waals surface area contributed by atoms with Crippen LogP contribution in [0.3, 0.4) is 0 Å². The summed E-state index contributed by atoms with van der Waals surface area (Å²) in [5.41, 5.74) is 10.00. The highest BCUT2D eigenvalue weighted by molar-refractivity contribution is 6.16. The number of fused-ring (bicyclic) bond motifs is 6. The van der Waals surface area contributed by atoms with Crippen molar-refractivity contribution in [2.75, 3.05) is 0 Å². The quantitative estimate of drug-likeness (QED) is 0.196. The fraction of sp³-hybridized carbons (Fsp3) is 0.323. The Morgan fingerprint density at radius 3 is 2.30 bits per heavy atom. The molecule has 1 aliphatic carbocycles. The van der Waals surface area contributed by atoms with Gasteiger partial charge < -0.3 is 0 Å². The lowest BCUT2D eigenvalue weighted by Crippen LogP contribution is -2.54. The van der Waals surface area contributed by atoms with Crippen LogP contribution in [-0.2, 0) is 16.4 Å². The van der Waals surface area contributed by atoms with E-state index in [1.807, 2.05) is 0 Å². The zero-order valence-electron chi connectivity index (χ0n) is 20.5. The van der Waals surface area contributed by atoms with Crippen molar-refractivity contribution in [3.8, 4) is 11.1 Å². The van der Waals surface area contributed by atoms with Crippen LogP contribution in [0.1, 0.15) is 57.7 Å². The molecule has 0 bridgehead atoms. The van der Waals surface area contributed by atoms with Gasteiger partial charge >= 0.3 is 0 Å². The average molecular weight is 432 g/mol. The van der Waals surface area contributed by atoms with E-state index in [2.05, 4.69) is 118 Å². The second-order valence-electron chi connectivity index (χ2n) is 11.9. The summed E-state index contributed by atoms with van der Waals surface area (Å²) < 4.78 is 5.11. The molecule has 3 aromatic carbocycles. The second-order valence-corrected chi connectivity index (χ2v) is 11.9. The summed E-state index contributed by atoms with van der Waals surface area (Å²) in [4.78, 5) is 0. The van der Waals surface area contributed by atoms with Crippen LogP contribution in [0.15, 0.2) is 66.9 Å². The van der Waals surface area contributed by atoms with E-state index >= 15 is 0 Å². The predicted molar refractivity (Wildman–Crippen MR) is 137 cm³/mol. The van der Waals surface area contributed by atoms with E-state index in [-0.39, 0.29) is 16.4 Å². The van der Waals surface area contributed by atoms with E-state index < -0.39 is 0 Å². The Hall–Kier alpha value is -3.13. The molecule has 1 saturated carbocycles. The van der Waals surface area contributed by atoms with Crippen LogP contribution in [0.5, 0.6) is 0 Å². The summed E-state index contributed by atoms with van der Waals surface area (Å²) in [6, 6.07) is 23.2. The summed E-state index contributed by atoms with van der Waals surface area (Å²) in [5, 5.41) is 4.07. The van der Waals surface area contributed by atoms with Gasteiger partial charge in [-0.15, -0.1) is 9.20 Å². The Labute approximate surface area is 195 Å². The molecule has 2 nitrogen and oxygen atoms in total. The van der Waals surface area contributed by atoms with Gasteiger partial charge in [0.1, 0.15) is 11.0 Å². The maximum absolute atomic E-state index is 2.56. The normalized spacial score (nSPS) is 23.6. The number of rotatable bonds is 1. The molecule has 2 aliphatic rings. The molecule has 164 valence electrons. The molecule has 0 radical (unpaired) electrons. The lowest BCUT2D eigenvalue weighted by atomic mass is 9.86. The Morgan fingerprint density at radius 2 is 1.58 bits per heavy atom. The SMILES string of the molecule is Cc1ccc2c(c1)c1cccc3c1n1c2c(-c2ccc(C(C)(C)C)cc2)c[n+]1C1(C)CC31C. The summed E-state index contributed by atoms with van der Waals surface area (Å²) >= 11 is 0. The molecule has 2 aromatic heterocycles. The summed E-state index contributed by atoms with van der Waals surface area (Å²) in [7, 11) is 0. The van der Waals surface area contributed by atoms with Gasteiger partial charge in [0.25, 0.3) is 0 Å². The van der Waals surface area contributed by atoms with Gasteiger partial charge in [-0.05, 0) is 41.3 Å². The Bertz CT molecular complexity index is 1650. The van der Waals surface area contributed by atoms with Crippen molar-refractivity contribution in [3.05, 3.63) is 83.6 Å². The topological polar surface area (TPSA) is 8.29 Å². The number of nitrogens with zero attached hydrogens (tertiary/aromatic N) is 2. The molecule has 1 fully saturated rings. The first-order chi connectivity index (χ1) is 15.6. The number of pyridine rings is 1. The number of benzene rings is 3. The molecule has 33 heavy (non-hydrogen) atoms. The van der Waals surface area contributed by atoms with E-state index in [0.29, 0.717) is 0 Å². The van der Waals surface area contributed by atoms with Gasteiger partial charge in [0, 0.05) is 24.1 Å². The average Bonchev–Trinajstić information content (AvgIpc) is 3.17. The zero-order chi connectivity index (χ0) is 22.9. The maximum Gasteiger partial charge on any atom is 0.205 e. The summed E-state index contributed by atoms with van der Waals surface area (Å²) in [6.45, 7) is 13.9. The Morgan fingerprint density at radius 1 is 0.848 bits per heavy atom. The van der Waals surface area contributed by atoms with Crippen molar-refractivity contribution in [3.63, 3.8) is 0 Å². The molecule has 0 amide bonds. The first-order valence-corrected chi connectivity index (χ1v) is 12.2. The van der Waals surface area contributed by atoms with E-state index in [1.54, 1.807) is 0 Å². The van der Waals surface area contributed by atoms with Crippen LogP contribution in [-0.4, -0.2) is 4.52 Å². The lowest BCUT2D eigenvalue weighted by molar-refractivity contribution is -0.798. The molecular weight excluding hydrogens is 400 g/mol. The molecule has 2 heteroatoms. The molecule has 0 saturated heterocycles. The minimum Gasteiger partial charge on any atom is -0.118 e. The highest BCUT2D eigenvalue weighted by atomic mass is 15.4. The molecule has 1 aliphatic heterocycles. The highest BCUT2D eigenvalue weighted by Gasteiger charge is 2.74. The van der Waals surface area contributed by atoms with Gasteiger partial charge in [-0.3, -0.25) is 0 Å². The smallest absolute Gasteiger partial charge is 0.118 e. The standard InChI is InChI=1S/C31H31N2/c1-19-10-15-23-24(16-19)22-8-7-9-26-28(22)33-27(23)25(17-32(33)31(6)18-30(26,31)5)20-11-13-21(14-12-20)29(2,3)4/h7-17H,18H2,1-6H3/q+1. The third kappa shape index (κ3) is 2.22. The van der Waals surface area contributed by atoms with Gasteiger partial charge in [-0.1, -0.05) is 87.0 Å². The van der Waals surface area contributed by atoms with Crippen molar-refractivity contribution >= 4 is 27.2 Å².